The van der Waals surface area contributed by atoms with Crippen LogP contribution in [0.25, 0.3) is 0 Å². The SMILES string of the molecule is CCCCCCCn1c(O)c(N=O)c(=O)[nH]c1=O. The Balaban J connectivity index is 2.80. The summed E-state index contributed by atoms with van der Waals surface area (Å²) in [6.45, 7) is 2.36. The number of rotatable bonds is 7. The van der Waals surface area contributed by atoms with Crippen LogP contribution >= 0.6 is 0 Å². The molecule has 0 fully saturated rings. The van der Waals surface area contributed by atoms with Gasteiger partial charge in [0.15, 0.2) is 0 Å². The van der Waals surface area contributed by atoms with Gasteiger partial charge in [-0.25, -0.2) is 4.79 Å². The first-order valence-corrected chi connectivity index (χ1v) is 6.01. The number of hydrogen-bond acceptors (Lipinski definition) is 5. The van der Waals surface area contributed by atoms with Gasteiger partial charge in [0.2, 0.25) is 11.6 Å². The molecule has 7 heteroatoms. The zero-order valence-corrected chi connectivity index (χ0v) is 10.3. The van der Waals surface area contributed by atoms with Crippen molar-refractivity contribution in [2.75, 3.05) is 0 Å². The van der Waals surface area contributed by atoms with Gasteiger partial charge in [-0.3, -0.25) is 14.3 Å². The third-order valence-corrected chi connectivity index (χ3v) is 2.72. The highest BCUT2D eigenvalue weighted by molar-refractivity contribution is 5.43. The minimum atomic E-state index is -0.963. The quantitative estimate of drug-likeness (QED) is 0.570. The van der Waals surface area contributed by atoms with E-state index in [9.17, 15) is 19.6 Å². The van der Waals surface area contributed by atoms with Gasteiger partial charge < -0.3 is 5.11 Å². The highest BCUT2D eigenvalue weighted by Gasteiger charge is 2.14. The molecule has 0 saturated heterocycles. The topological polar surface area (TPSA) is 105 Å². The molecule has 0 radical (unpaired) electrons. The molecule has 0 aliphatic rings. The maximum Gasteiger partial charge on any atom is 0.331 e. The van der Waals surface area contributed by atoms with E-state index in [4.69, 9.17) is 0 Å². The number of unbranched alkanes of at least 4 members (excludes halogenated alkanes) is 4. The van der Waals surface area contributed by atoms with Crippen molar-refractivity contribution in [3.05, 3.63) is 25.7 Å². The van der Waals surface area contributed by atoms with E-state index in [1.807, 2.05) is 4.98 Å². The molecule has 0 bridgehead atoms. The van der Waals surface area contributed by atoms with Crippen molar-refractivity contribution < 1.29 is 5.11 Å². The number of nitrogens with zero attached hydrogens (tertiary/aromatic N) is 2. The largest absolute Gasteiger partial charge is 0.493 e. The predicted molar refractivity (Wildman–Crippen MR) is 67.2 cm³/mol. The normalized spacial score (nSPS) is 10.5. The first-order valence-electron chi connectivity index (χ1n) is 6.01. The van der Waals surface area contributed by atoms with Gasteiger partial charge in [-0.1, -0.05) is 32.6 Å². The number of aromatic hydroxyl groups is 1. The Morgan fingerprint density at radius 1 is 1.22 bits per heavy atom. The van der Waals surface area contributed by atoms with Gasteiger partial charge in [0.25, 0.3) is 5.56 Å². The van der Waals surface area contributed by atoms with Crippen molar-refractivity contribution in [3.8, 4) is 5.88 Å². The van der Waals surface area contributed by atoms with E-state index in [1.54, 1.807) is 0 Å². The van der Waals surface area contributed by atoms with E-state index in [-0.39, 0.29) is 6.54 Å². The maximum atomic E-state index is 11.5. The molecule has 0 unspecified atom stereocenters. The maximum absolute atomic E-state index is 11.5. The van der Waals surface area contributed by atoms with Crippen molar-refractivity contribution in [1.29, 1.82) is 0 Å². The van der Waals surface area contributed by atoms with E-state index < -0.39 is 22.8 Å². The van der Waals surface area contributed by atoms with E-state index in [0.717, 1.165) is 30.3 Å². The Labute approximate surface area is 103 Å². The number of aromatic amines is 1. The number of nitrogens with one attached hydrogen (secondary N) is 1. The van der Waals surface area contributed by atoms with Crippen molar-refractivity contribution >= 4 is 5.69 Å². The molecule has 1 heterocycles. The van der Waals surface area contributed by atoms with Crippen LogP contribution in [0.5, 0.6) is 5.88 Å². The zero-order valence-electron chi connectivity index (χ0n) is 10.3. The summed E-state index contributed by atoms with van der Waals surface area (Å²) in [4.78, 5) is 34.9. The predicted octanol–water partition coefficient (Wildman–Crippen LogP) is 1.61. The summed E-state index contributed by atoms with van der Waals surface area (Å²) in [5.41, 5.74) is -2.33. The lowest BCUT2D eigenvalue weighted by molar-refractivity contribution is 0.394. The molecular weight excluding hydrogens is 238 g/mol. The summed E-state index contributed by atoms with van der Waals surface area (Å²) in [7, 11) is 0. The third-order valence-electron chi connectivity index (χ3n) is 2.72. The summed E-state index contributed by atoms with van der Waals surface area (Å²) in [5, 5.41) is 12.0. The van der Waals surface area contributed by atoms with Crippen LogP contribution in [-0.2, 0) is 6.54 Å². The Kier molecular flexibility index (Phi) is 5.29. The number of H-pyrrole nitrogens is 1. The fourth-order valence-electron chi connectivity index (χ4n) is 1.71. The molecule has 0 atom stereocenters. The molecule has 0 aliphatic heterocycles. The molecule has 100 valence electrons. The molecule has 0 spiro atoms. The minimum absolute atomic E-state index is 0.258. The van der Waals surface area contributed by atoms with Crippen molar-refractivity contribution in [1.82, 2.24) is 9.55 Å². The minimum Gasteiger partial charge on any atom is -0.493 e. The van der Waals surface area contributed by atoms with Gasteiger partial charge in [0.1, 0.15) is 0 Å². The summed E-state index contributed by atoms with van der Waals surface area (Å²) in [6.07, 6.45) is 4.89. The third kappa shape index (κ3) is 3.28. The molecule has 1 aromatic rings. The molecule has 18 heavy (non-hydrogen) atoms. The average Bonchev–Trinajstić information content (AvgIpc) is 2.32. The molecular formula is C11H17N3O4. The van der Waals surface area contributed by atoms with Crippen LogP contribution in [0.3, 0.4) is 0 Å². The average molecular weight is 255 g/mol. The molecule has 7 nitrogen and oxygen atoms in total. The zero-order chi connectivity index (χ0) is 13.5. The second-order valence-corrected chi connectivity index (χ2v) is 4.09. The molecule has 1 aromatic heterocycles. The Bertz CT molecular complexity index is 518. The standard InChI is InChI=1S/C11H17N3O4/c1-2-3-4-5-6-7-14-10(16)8(13-18)9(15)12-11(14)17/h16H,2-7H2,1H3,(H,12,15,17). The van der Waals surface area contributed by atoms with E-state index >= 15 is 0 Å². The Hall–Kier alpha value is -1.92. The van der Waals surface area contributed by atoms with Gasteiger partial charge in [-0.15, -0.1) is 4.91 Å². The van der Waals surface area contributed by atoms with Crippen molar-refractivity contribution in [2.24, 2.45) is 5.18 Å². The van der Waals surface area contributed by atoms with E-state index in [1.165, 1.54) is 0 Å². The van der Waals surface area contributed by atoms with Crippen LogP contribution < -0.4 is 11.2 Å². The summed E-state index contributed by atoms with van der Waals surface area (Å²) >= 11 is 0. The lowest BCUT2D eigenvalue weighted by Gasteiger charge is -2.07. The van der Waals surface area contributed by atoms with Crippen LogP contribution in [0.15, 0.2) is 14.8 Å². The molecule has 0 amide bonds. The lowest BCUT2D eigenvalue weighted by atomic mass is 10.1. The fraction of sp³-hybridized carbons (Fsp3) is 0.636. The molecule has 0 saturated carbocycles. The van der Waals surface area contributed by atoms with E-state index in [0.29, 0.717) is 6.42 Å². The van der Waals surface area contributed by atoms with Gasteiger partial charge >= 0.3 is 5.69 Å². The number of aromatic nitrogens is 2. The molecule has 0 aliphatic carbocycles. The smallest absolute Gasteiger partial charge is 0.331 e. The van der Waals surface area contributed by atoms with Gasteiger partial charge in [-0.2, -0.15) is 0 Å². The summed E-state index contributed by atoms with van der Waals surface area (Å²) < 4.78 is 0.962. The van der Waals surface area contributed by atoms with Crippen LogP contribution in [0.2, 0.25) is 0 Å². The molecule has 2 N–H and O–H groups in total. The first-order chi connectivity index (χ1) is 8.61. The highest BCUT2D eigenvalue weighted by Crippen LogP contribution is 2.18. The van der Waals surface area contributed by atoms with E-state index in [2.05, 4.69) is 12.1 Å². The summed E-state index contributed by atoms with van der Waals surface area (Å²) in [6, 6.07) is 0. The summed E-state index contributed by atoms with van der Waals surface area (Å²) in [5.74, 6) is -0.658. The van der Waals surface area contributed by atoms with Crippen molar-refractivity contribution in [3.63, 3.8) is 0 Å². The van der Waals surface area contributed by atoms with Gasteiger partial charge in [0.05, 0.1) is 0 Å². The van der Waals surface area contributed by atoms with Gasteiger partial charge in [0, 0.05) is 6.54 Å². The first kappa shape index (κ1) is 14.1. The molecule has 0 aromatic carbocycles. The second kappa shape index (κ2) is 6.73. The number of hydrogen-bond donors (Lipinski definition) is 2. The lowest BCUT2D eigenvalue weighted by Crippen LogP contribution is -2.29. The Morgan fingerprint density at radius 3 is 2.50 bits per heavy atom. The fourth-order valence-corrected chi connectivity index (χ4v) is 1.71. The second-order valence-electron chi connectivity index (χ2n) is 4.09. The van der Waals surface area contributed by atoms with Crippen LogP contribution in [0, 0.1) is 4.91 Å². The van der Waals surface area contributed by atoms with Crippen LogP contribution in [0.1, 0.15) is 39.0 Å². The van der Waals surface area contributed by atoms with Crippen molar-refractivity contribution in [2.45, 2.75) is 45.6 Å². The highest BCUT2D eigenvalue weighted by atomic mass is 16.3. The number of nitroso groups, excluding NO2 is 1. The Morgan fingerprint density at radius 2 is 1.89 bits per heavy atom. The van der Waals surface area contributed by atoms with Gasteiger partial charge in [-0.05, 0) is 11.6 Å². The van der Waals surface area contributed by atoms with Crippen LogP contribution in [0.4, 0.5) is 5.69 Å². The monoisotopic (exact) mass is 255 g/mol. The van der Waals surface area contributed by atoms with Crippen LogP contribution in [-0.4, -0.2) is 14.7 Å². The molecule has 1 rings (SSSR count).